The van der Waals surface area contributed by atoms with Gasteiger partial charge in [0.05, 0.1) is 19.8 Å². The number of carbonyl (C=O) groups excluding carboxylic acids is 6. The van der Waals surface area contributed by atoms with Crippen molar-refractivity contribution in [2.24, 2.45) is 28.1 Å². The van der Waals surface area contributed by atoms with Gasteiger partial charge < -0.3 is 74.6 Å². The number of nitrogens with one attached hydrogen (secondary N) is 6. The summed E-state index contributed by atoms with van der Waals surface area (Å²) in [6.45, 7) is 0.425. The van der Waals surface area contributed by atoms with Crippen molar-refractivity contribution in [1.29, 1.82) is 0 Å². The Labute approximate surface area is 327 Å². The number of nitrogens with zero attached hydrogens (tertiary/aromatic N) is 1. The maximum atomic E-state index is 14.0. The number of aliphatic carboxylic acids is 2. The third-order valence-corrected chi connectivity index (χ3v) is 8.17. The zero-order chi connectivity index (χ0) is 43.2. The molecule has 0 radical (unpaired) electrons. The van der Waals surface area contributed by atoms with Crippen molar-refractivity contribution in [2.75, 3.05) is 26.4 Å². The van der Waals surface area contributed by atoms with Gasteiger partial charge in [0.1, 0.15) is 42.3 Å². The van der Waals surface area contributed by atoms with Gasteiger partial charge in [0.25, 0.3) is 0 Å². The number of benzene rings is 1. The molecule has 0 aliphatic rings. The molecule has 0 fully saturated rings. The molecule has 0 bridgehead atoms. The van der Waals surface area contributed by atoms with E-state index < -0.39 is 128 Å². The fraction of sp³-hybridized carbons (Fsp3) is 0.559. The van der Waals surface area contributed by atoms with Gasteiger partial charge in [-0.3, -0.25) is 38.6 Å². The molecule has 0 unspecified atom stereocenters. The molecular formula is C34H54N10O13. The number of hydrogen-bond acceptors (Lipinski definition) is 13. The van der Waals surface area contributed by atoms with Crippen molar-refractivity contribution in [3.8, 4) is 0 Å². The summed E-state index contributed by atoms with van der Waals surface area (Å²) in [4.78, 5) is 106. The third kappa shape index (κ3) is 18.1. The van der Waals surface area contributed by atoms with Crippen LogP contribution in [-0.2, 0) is 44.8 Å². The molecule has 1 rings (SSSR count). The lowest BCUT2D eigenvalue weighted by Crippen LogP contribution is -2.61. The van der Waals surface area contributed by atoms with Gasteiger partial charge in [-0.25, -0.2) is 4.79 Å². The zero-order valence-corrected chi connectivity index (χ0v) is 31.6. The highest BCUT2D eigenvalue weighted by atomic mass is 16.4. The molecule has 0 aliphatic heterocycles. The number of guanidine groups is 1. The minimum Gasteiger partial charge on any atom is -0.481 e. The van der Waals surface area contributed by atoms with Gasteiger partial charge in [0, 0.05) is 19.4 Å². The maximum absolute atomic E-state index is 14.0. The Morgan fingerprint density at radius 1 is 0.632 bits per heavy atom. The number of amides is 6. The van der Waals surface area contributed by atoms with Crippen LogP contribution in [0.15, 0.2) is 35.3 Å². The molecule has 57 heavy (non-hydrogen) atoms. The van der Waals surface area contributed by atoms with Gasteiger partial charge in [-0.2, -0.15) is 0 Å². The average molecular weight is 811 g/mol. The van der Waals surface area contributed by atoms with Gasteiger partial charge in [-0.1, -0.05) is 44.2 Å². The van der Waals surface area contributed by atoms with Crippen LogP contribution in [-0.4, -0.2) is 148 Å². The van der Waals surface area contributed by atoms with E-state index in [1.165, 1.54) is 0 Å². The molecule has 7 atom stereocenters. The van der Waals surface area contributed by atoms with Crippen LogP contribution in [0.5, 0.6) is 0 Å². The van der Waals surface area contributed by atoms with E-state index in [9.17, 15) is 58.8 Å². The number of carbonyl (C=O) groups is 8. The Morgan fingerprint density at radius 3 is 1.63 bits per heavy atom. The number of aliphatic hydroxyl groups is 3. The predicted molar refractivity (Wildman–Crippen MR) is 200 cm³/mol. The molecule has 0 heterocycles. The quantitative estimate of drug-likeness (QED) is 0.0235. The van der Waals surface area contributed by atoms with Gasteiger partial charge in [0.2, 0.25) is 35.4 Å². The lowest BCUT2D eigenvalue weighted by atomic mass is 10.0. The van der Waals surface area contributed by atoms with E-state index in [4.69, 9.17) is 22.3 Å². The summed E-state index contributed by atoms with van der Waals surface area (Å²) >= 11 is 0. The highest BCUT2D eigenvalue weighted by Crippen LogP contribution is 2.10. The van der Waals surface area contributed by atoms with Crippen LogP contribution >= 0.6 is 0 Å². The Morgan fingerprint density at radius 2 is 1.12 bits per heavy atom. The summed E-state index contributed by atoms with van der Waals surface area (Å²) in [6, 6.07) is -2.43. The number of carboxylic acids is 2. The number of hydrogen-bond donors (Lipinski definition) is 14. The van der Waals surface area contributed by atoms with E-state index in [-0.39, 0.29) is 31.8 Å². The topological polar surface area (TPSA) is 400 Å². The minimum atomic E-state index is -1.67. The lowest BCUT2D eigenvalue weighted by Gasteiger charge is -2.28. The fourth-order valence-corrected chi connectivity index (χ4v) is 4.98. The maximum Gasteiger partial charge on any atom is 0.328 e. The molecule has 1 aromatic carbocycles. The molecule has 0 saturated heterocycles. The minimum absolute atomic E-state index is 0.0171. The molecule has 23 nitrogen and oxygen atoms in total. The molecule has 17 N–H and O–H groups in total. The zero-order valence-electron chi connectivity index (χ0n) is 31.6. The summed E-state index contributed by atoms with van der Waals surface area (Å²) in [5.41, 5.74) is 16.8. The normalized spacial score (nSPS) is 14.6. The Kier molecular flexibility index (Phi) is 21.8. The highest BCUT2D eigenvalue weighted by Gasteiger charge is 2.34. The van der Waals surface area contributed by atoms with Crippen molar-refractivity contribution >= 4 is 53.3 Å². The first-order chi connectivity index (χ1) is 26.8. The largest absolute Gasteiger partial charge is 0.481 e. The van der Waals surface area contributed by atoms with Crippen molar-refractivity contribution in [1.82, 2.24) is 31.9 Å². The van der Waals surface area contributed by atoms with Crippen LogP contribution in [0.25, 0.3) is 0 Å². The summed E-state index contributed by atoms with van der Waals surface area (Å²) < 4.78 is 0. The van der Waals surface area contributed by atoms with Crippen molar-refractivity contribution in [3.05, 3.63) is 35.9 Å². The molecule has 0 spiro atoms. The first-order valence-corrected chi connectivity index (χ1v) is 17.8. The molecular weight excluding hydrogens is 756 g/mol. The van der Waals surface area contributed by atoms with Crippen LogP contribution in [0.3, 0.4) is 0 Å². The second-order valence-corrected chi connectivity index (χ2v) is 13.1. The van der Waals surface area contributed by atoms with E-state index in [2.05, 4.69) is 36.9 Å². The summed E-state index contributed by atoms with van der Waals surface area (Å²) in [6.07, 6.45) is -1.35. The fourth-order valence-electron chi connectivity index (χ4n) is 4.98. The summed E-state index contributed by atoms with van der Waals surface area (Å²) in [5, 5.41) is 60.8. The molecule has 1 aromatic rings. The summed E-state index contributed by atoms with van der Waals surface area (Å²) in [5.74, 6) is -9.70. The molecule has 6 amide bonds. The van der Waals surface area contributed by atoms with Crippen molar-refractivity contribution < 1.29 is 63.9 Å². The SMILES string of the molecule is CC(C)[C@H](NC(=O)[C@H](CCCN=C(N)N)NC(=O)[C@H](Cc1ccccc1)NC(=O)[C@H](CCC(=O)O)NC(=O)[C@H](CO)NC(=O)[C@@H](N)CO)C(=O)N[C@@H](CO)C(=O)O. The second-order valence-electron chi connectivity index (χ2n) is 13.1. The predicted octanol–water partition coefficient (Wildman–Crippen LogP) is -5.90. The second kappa shape index (κ2) is 25.3. The van der Waals surface area contributed by atoms with Crippen LogP contribution in [0.1, 0.15) is 45.1 Å². The van der Waals surface area contributed by atoms with Crippen LogP contribution in [0.2, 0.25) is 0 Å². The molecule has 0 aromatic heterocycles. The van der Waals surface area contributed by atoms with Gasteiger partial charge in [-0.15, -0.1) is 0 Å². The monoisotopic (exact) mass is 810 g/mol. The van der Waals surface area contributed by atoms with Crippen LogP contribution in [0, 0.1) is 5.92 Å². The molecule has 0 saturated carbocycles. The number of aliphatic imine (C=N–C) groups is 1. The number of carboxylic acid groups (broad SMARTS) is 2. The van der Waals surface area contributed by atoms with Crippen molar-refractivity contribution in [3.63, 3.8) is 0 Å². The average Bonchev–Trinajstić information content (AvgIpc) is 3.16. The van der Waals surface area contributed by atoms with Gasteiger partial charge in [-0.05, 0) is 30.7 Å². The third-order valence-electron chi connectivity index (χ3n) is 8.17. The Balaban J connectivity index is 3.48. The van der Waals surface area contributed by atoms with Crippen LogP contribution < -0.4 is 49.1 Å². The first-order valence-electron chi connectivity index (χ1n) is 17.8. The molecule has 0 aliphatic carbocycles. The molecule has 318 valence electrons. The lowest BCUT2D eigenvalue weighted by molar-refractivity contribution is -0.143. The number of aliphatic hydroxyl groups excluding tert-OH is 3. The highest BCUT2D eigenvalue weighted by molar-refractivity contribution is 5.97. The van der Waals surface area contributed by atoms with E-state index in [0.29, 0.717) is 5.56 Å². The van der Waals surface area contributed by atoms with Gasteiger partial charge >= 0.3 is 11.9 Å². The smallest absolute Gasteiger partial charge is 0.328 e. The van der Waals surface area contributed by atoms with E-state index in [1.807, 2.05) is 0 Å². The standard InChI is InChI=1S/C34H54N10O13/c1-17(2)26(32(55)43-24(16-47)33(56)57)44-29(52)20(9-6-12-38-34(36)37)39-30(53)22(13-18-7-4-3-5-8-18)41-28(51)21(10-11-25(48)49)40-31(54)23(15-46)42-27(50)19(35)14-45/h3-5,7-8,17,19-24,26,45-47H,6,9-16,35H2,1-2H3,(H,39,53)(H,40,54)(H,41,51)(H,42,50)(H,43,55)(H,44,52)(H,48,49)(H,56,57)(H4,36,37,38)/t19-,20-,21-,22-,23-,24-,26-/m0/s1. The van der Waals surface area contributed by atoms with E-state index in [1.54, 1.807) is 44.2 Å². The van der Waals surface area contributed by atoms with Crippen molar-refractivity contribution in [2.45, 2.75) is 88.2 Å². The van der Waals surface area contributed by atoms with E-state index >= 15 is 0 Å². The molecule has 23 heteroatoms. The number of rotatable bonds is 26. The first kappa shape index (κ1) is 49.1. The Bertz CT molecular complexity index is 1560. The van der Waals surface area contributed by atoms with Gasteiger partial charge in [0.15, 0.2) is 5.96 Å². The van der Waals surface area contributed by atoms with E-state index in [0.717, 1.165) is 0 Å². The summed E-state index contributed by atoms with van der Waals surface area (Å²) in [7, 11) is 0. The number of nitrogens with two attached hydrogens (primary N) is 3. The Hall–Kier alpha value is -5.91. The van der Waals surface area contributed by atoms with Crippen LogP contribution in [0.4, 0.5) is 0 Å².